The highest BCUT2D eigenvalue weighted by atomic mass is 32.2. The fourth-order valence-corrected chi connectivity index (χ4v) is 4.44. The van der Waals surface area contributed by atoms with Gasteiger partial charge in [-0.3, -0.25) is 23.4 Å². The summed E-state index contributed by atoms with van der Waals surface area (Å²) < 4.78 is 40.0. The molecule has 0 N–H and O–H groups in total. The van der Waals surface area contributed by atoms with Crippen LogP contribution in [-0.4, -0.2) is 64.5 Å². The SMILES string of the molecule is CC(=O)OC[C@H]1O[C@@H](S(=O)c2ccccc2)[C@H](OC(C)=O)[C@@H](OC(C)=O)[C@H]1OC(C)=O. The van der Waals surface area contributed by atoms with E-state index in [1.807, 2.05) is 0 Å². The lowest BCUT2D eigenvalue weighted by molar-refractivity contribution is -0.238. The summed E-state index contributed by atoms with van der Waals surface area (Å²) in [6.07, 6.45) is -5.13. The van der Waals surface area contributed by atoms with Crippen LogP contribution in [0.2, 0.25) is 0 Å². The Morgan fingerprint density at radius 3 is 1.84 bits per heavy atom. The lowest BCUT2D eigenvalue weighted by atomic mass is 9.99. The molecule has 170 valence electrons. The van der Waals surface area contributed by atoms with E-state index in [1.165, 1.54) is 6.92 Å². The van der Waals surface area contributed by atoms with Gasteiger partial charge in [0.25, 0.3) is 0 Å². The van der Waals surface area contributed by atoms with E-state index in [4.69, 9.17) is 23.7 Å². The zero-order valence-corrected chi connectivity index (χ0v) is 18.3. The maximum Gasteiger partial charge on any atom is 0.303 e. The first kappa shape index (κ1) is 24.5. The first-order valence-electron chi connectivity index (χ1n) is 9.36. The van der Waals surface area contributed by atoms with E-state index >= 15 is 0 Å². The van der Waals surface area contributed by atoms with Gasteiger partial charge in [-0.25, -0.2) is 0 Å². The number of rotatable bonds is 7. The maximum absolute atomic E-state index is 13.3. The molecule has 11 heteroatoms. The van der Waals surface area contributed by atoms with Crippen molar-refractivity contribution in [2.24, 2.45) is 0 Å². The monoisotopic (exact) mass is 456 g/mol. The van der Waals surface area contributed by atoms with Gasteiger partial charge in [0.05, 0.1) is 10.8 Å². The predicted molar refractivity (Wildman–Crippen MR) is 105 cm³/mol. The average Bonchev–Trinajstić information content (AvgIpc) is 2.68. The Bertz CT molecular complexity index is 840. The topological polar surface area (TPSA) is 132 Å². The highest BCUT2D eigenvalue weighted by Crippen LogP contribution is 2.32. The Morgan fingerprint density at radius 1 is 0.806 bits per heavy atom. The van der Waals surface area contributed by atoms with Crippen LogP contribution in [0.5, 0.6) is 0 Å². The minimum atomic E-state index is -1.89. The first-order valence-corrected chi connectivity index (χ1v) is 10.6. The Kier molecular flexibility index (Phi) is 8.69. The van der Waals surface area contributed by atoms with Crippen molar-refractivity contribution < 1.29 is 47.1 Å². The molecule has 0 amide bonds. The summed E-state index contributed by atoms with van der Waals surface area (Å²) in [6.45, 7) is 4.17. The van der Waals surface area contributed by atoms with E-state index in [0.717, 1.165) is 20.8 Å². The second kappa shape index (κ2) is 11.0. The molecular weight excluding hydrogens is 432 g/mol. The van der Waals surface area contributed by atoms with Crippen LogP contribution in [0.3, 0.4) is 0 Å². The molecule has 31 heavy (non-hydrogen) atoms. The summed E-state index contributed by atoms with van der Waals surface area (Å²) in [6, 6.07) is 8.24. The highest BCUT2D eigenvalue weighted by molar-refractivity contribution is 7.85. The van der Waals surface area contributed by atoms with Gasteiger partial charge in [-0.05, 0) is 12.1 Å². The largest absolute Gasteiger partial charge is 0.463 e. The van der Waals surface area contributed by atoms with Crippen LogP contribution < -0.4 is 0 Å². The zero-order valence-electron chi connectivity index (χ0n) is 17.5. The Labute approximate surface area is 181 Å². The number of hydrogen-bond donors (Lipinski definition) is 0. The van der Waals surface area contributed by atoms with Crippen molar-refractivity contribution in [1.82, 2.24) is 0 Å². The minimum absolute atomic E-state index is 0.364. The second-order valence-electron chi connectivity index (χ2n) is 6.68. The van der Waals surface area contributed by atoms with Crippen LogP contribution >= 0.6 is 0 Å². The number of ether oxygens (including phenoxy) is 5. The highest BCUT2D eigenvalue weighted by Gasteiger charge is 2.54. The third-order valence-electron chi connectivity index (χ3n) is 4.13. The van der Waals surface area contributed by atoms with Crippen molar-refractivity contribution in [3.8, 4) is 0 Å². The van der Waals surface area contributed by atoms with Crippen molar-refractivity contribution in [3.63, 3.8) is 0 Å². The molecule has 0 bridgehead atoms. The van der Waals surface area contributed by atoms with Crippen LogP contribution in [0.15, 0.2) is 35.2 Å². The van der Waals surface area contributed by atoms with E-state index in [9.17, 15) is 23.4 Å². The quantitative estimate of drug-likeness (QED) is 0.430. The maximum atomic E-state index is 13.3. The van der Waals surface area contributed by atoms with Gasteiger partial charge >= 0.3 is 23.9 Å². The van der Waals surface area contributed by atoms with E-state index in [-0.39, 0.29) is 6.61 Å². The van der Waals surface area contributed by atoms with Crippen LogP contribution in [-0.2, 0) is 53.7 Å². The van der Waals surface area contributed by atoms with E-state index < -0.39 is 64.5 Å². The first-order chi connectivity index (χ1) is 14.6. The lowest BCUT2D eigenvalue weighted by Crippen LogP contribution is -2.63. The van der Waals surface area contributed by atoms with E-state index in [0.29, 0.717) is 4.90 Å². The molecule has 1 unspecified atom stereocenters. The molecule has 1 aromatic rings. The molecule has 1 aliphatic rings. The summed E-state index contributed by atoms with van der Waals surface area (Å²) in [4.78, 5) is 47.0. The average molecular weight is 456 g/mol. The minimum Gasteiger partial charge on any atom is -0.463 e. The van der Waals surface area contributed by atoms with Crippen molar-refractivity contribution >= 4 is 34.7 Å². The molecule has 6 atom stereocenters. The summed E-state index contributed by atoms with van der Waals surface area (Å²) in [5.74, 6) is -2.86. The molecule has 1 fully saturated rings. The molecule has 1 heterocycles. The molecule has 1 aromatic carbocycles. The molecule has 0 aliphatic carbocycles. The van der Waals surface area contributed by atoms with Gasteiger partial charge in [0, 0.05) is 32.6 Å². The normalized spacial score (nSPS) is 26.3. The van der Waals surface area contributed by atoms with Crippen LogP contribution in [0.1, 0.15) is 27.7 Å². The molecule has 0 spiro atoms. The standard InChI is InChI=1S/C20H24O10S/c1-11(21)26-10-16-17(27-12(2)22)18(28-13(3)23)19(29-14(4)24)20(30-16)31(25)15-8-6-5-7-9-15/h5-9,16-20H,10H2,1-4H3/t16-,17+,18+,19-,20+,31?/m1/s1. The lowest BCUT2D eigenvalue weighted by Gasteiger charge is -2.43. The zero-order chi connectivity index (χ0) is 23.1. The third kappa shape index (κ3) is 6.86. The second-order valence-corrected chi connectivity index (χ2v) is 8.21. The fourth-order valence-electron chi connectivity index (χ4n) is 3.05. The van der Waals surface area contributed by atoms with Gasteiger partial charge in [0.1, 0.15) is 12.7 Å². The van der Waals surface area contributed by atoms with Crippen molar-refractivity contribution in [2.75, 3.05) is 6.61 Å². The molecule has 1 aliphatic heterocycles. The Hall–Kier alpha value is -2.79. The van der Waals surface area contributed by atoms with Crippen molar-refractivity contribution in [2.45, 2.75) is 62.4 Å². The smallest absolute Gasteiger partial charge is 0.303 e. The van der Waals surface area contributed by atoms with Gasteiger partial charge in [0.2, 0.25) is 0 Å². The van der Waals surface area contributed by atoms with E-state index in [1.54, 1.807) is 30.3 Å². The molecule has 0 aromatic heterocycles. The molecular formula is C20H24O10S. The van der Waals surface area contributed by atoms with Crippen LogP contribution in [0.4, 0.5) is 0 Å². The number of hydrogen-bond acceptors (Lipinski definition) is 10. The van der Waals surface area contributed by atoms with Gasteiger partial charge in [0.15, 0.2) is 23.7 Å². The number of benzene rings is 1. The molecule has 10 nitrogen and oxygen atoms in total. The molecule has 2 rings (SSSR count). The predicted octanol–water partition coefficient (Wildman–Crippen LogP) is 0.877. The van der Waals surface area contributed by atoms with Crippen molar-refractivity contribution in [1.29, 1.82) is 0 Å². The summed E-state index contributed by atoms with van der Waals surface area (Å²) in [5, 5.41) is 0. The number of carbonyl (C=O) groups excluding carboxylic acids is 4. The fraction of sp³-hybridized carbons (Fsp3) is 0.500. The summed E-state index contributed by atoms with van der Waals surface area (Å²) in [5.41, 5.74) is -1.30. The Morgan fingerprint density at radius 2 is 1.32 bits per heavy atom. The van der Waals surface area contributed by atoms with Gasteiger partial charge in [-0.15, -0.1) is 0 Å². The Balaban J connectivity index is 2.51. The summed E-state index contributed by atoms with van der Waals surface area (Å²) >= 11 is 0. The van der Waals surface area contributed by atoms with E-state index in [2.05, 4.69) is 0 Å². The number of carbonyl (C=O) groups is 4. The molecule has 0 saturated carbocycles. The van der Waals surface area contributed by atoms with Crippen molar-refractivity contribution in [3.05, 3.63) is 30.3 Å². The van der Waals surface area contributed by atoms with Crippen LogP contribution in [0.25, 0.3) is 0 Å². The van der Waals surface area contributed by atoms with Gasteiger partial charge < -0.3 is 23.7 Å². The molecule has 0 radical (unpaired) electrons. The summed E-state index contributed by atoms with van der Waals surface area (Å²) in [7, 11) is -1.89. The molecule has 1 saturated heterocycles. The third-order valence-corrected chi connectivity index (χ3v) is 5.67. The van der Waals surface area contributed by atoms with Gasteiger partial charge in [-0.1, -0.05) is 18.2 Å². The number of esters is 4. The van der Waals surface area contributed by atoms with Crippen LogP contribution in [0, 0.1) is 0 Å². The van der Waals surface area contributed by atoms with Gasteiger partial charge in [-0.2, -0.15) is 0 Å².